The number of quaternary nitrogens is 1. The fourth-order valence-corrected chi connectivity index (χ4v) is 2.62. The number of imidazole rings is 1. The number of aromatic nitrogens is 4. The van der Waals surface area contributed by atoms with Gasteiger partial charge in [0.25, 0.3) is 5.56 Å². The molecule has 3 rings (SSSR count). The van der Waals surface area contributed by atoms with Gasteiger partial charge in [0.15, 0.2) is 10.4 Å². The number of fused-ring (bicyclic) bond motifs is 1. The fourth-order valence-electron chi connectivity index (χ4n) is 2.38. The van der Waals surface area contributed by atoms with Crippen molar-refractivity contribution >= 4 is 23.4 Å². The van der Waals surface area contributed by atoms with E-state index in [4.69, 9.17) is 17.0 Å². The molecule has 0 saturated carbocycles. The number of ether oxygens (including phenoxy) is 1. The number of aromatic amines is 2. The van der Waals surface area contributed by atoms with Gasteiger partial charge in [-0.1, -0.05) is 12.1 Å². The average Bonchev–Trinajstić information content (AvgIpc) is 3.10. The number of halogens is 1. The van der Waals surface area contributed by atoms with E-state index in [0.717, 1.165) is 5.56 Å². The Morgan fingerprint density at radius 3 is 3.08 bits per heavy atom. The van der Waals surface area contributed by atoms with E-state index in [9.17, 15) is 9.18 Å². The molecule has 130 valence electrons. The molecule has 0 fully saturated rings. The number of hydrogen-bond donors (Lipinski definition) is 3. The fraction of sp³-hybridized carbons (Fsp3) is 0.188. The van der Waals surface area contributed by atoms with Gasteiger partial charge in [-0.25, -0.2) is 9.37 Å². The quantitative estimate of drug-likeness (QED) is 0.575. The molecule has 3 aromatic rings. The molecule has 2 aromatic heterocycles. The van der Waals surface area contributed by atoms with Gasteiger partial charge in [0.2, 0.25) is 0 Å². The van der Waals surface area contributed by atoms with E-state index < -0.39 is 0 Å². The van der Waals surface area contributed by atoms with Crippen molar-refractivity contribution in [2.45, 2.75) is 6.54 Å². The Hall–Kier alpha value is -2.78. The van der Waals surface area contributed by atoms with Crippen molar-refractivity contribution in [1.29, 1.82) is 0 Å². The van der Waals surface area contributed by atoms with Crippen molar-refractivity contribution in [2.24, 2.45) is 0 Å². The van der Waals surface area contributed by atoms with Gasteiger partial charge in [-0.15, -0.1) is 0 Å². The molecule has 0 atom stereocenters. The topological polar surface area (TPSA) is 103 Å². The van der Waals surface area contributed by atoms with Crippen molar-refractivity contribution < 1.29 is 14.9 Å². The number of hydrogen-bond acceptors (Lipinski definition) is 4. The van der Waals surface area contributed by atoms with E-state index in [-0.39, 0.29) is 16.9 Å². The Labute approximate surface area is 147 Å². The normalized spacial score (nSPS) is 11.8. The van der Waals surface area contributed by atoms with Crippen molar-refractivity contribution in [2.75, 3.05) is 13.2 Å². The molecule has 0 unspecified atom stereocenters. The van der Waals surface area contributed by atoms with Crippen LogP contribution in [0, 0.1) is 4.77 Å². The van der Waals surface area contributed by atoms with Gasteiger partial charge < -0.3 is 15.5 Å². The van der Waals surface area contributed by atoms with E-state index in [0.29, 0.717) is 41.9 Å². The largest absolute Gasteiger partial charge is 0.489 e. The molecule has 0 aliphatic heterocycles. The summed E-state index contributed by atoms with van der Waals surface area (Å²) in [4.78, 5) is 21.5. The molecule has 0 radical (unpaired) electrons. The maximum Gasteiger partial charge on any atom is 0.277 e. The number of nitrogens with zero attached hydrogens (tertiary/aromatic N) is 2. The zero-order valence-electron chi connectivity index (χ0n) is 13.3. The minimum atomic E-state index is -0.301. The van der Waals surface area contributed by atoms with Crippen LogP contribution in [0.2, 0.25) is 0 Å². The molecule has 25 heavy (non-hydrogen) atoms. The molecule has 5 N–H and O–H groups in total. The summed E-state index contributed by atoms with van der Waals surface area (Å²) in [6.07, 6.45) is 1.97. The molecule has 1 aromatic carbocycles. The predicted octanol–water partition coefficient (Wildman–Crippen LogP) is 1.30. The van der Waals surface area contributed by atoms with Crippen LogP contribution in [-0.4, -0.2) is 32.7 Å². The number of nitrogens with one attached hydrogen (secondary N) is 2. The molecular formula is C16H17FN5O2S+. The second-order valence-corrected chi connectivity index (χ2v) is 5.79. The first-order chi connectivity index (χ1) is 12.1. The van der Waals surface area contributed by atoms with E-state index >= 15 is 0 Å². The third kappa shape index (κ3) is 3.67. The van der Waals surface area contributed by atoms with E-state index in [1.54, 1.807) is 10.6 Å². The first kappa shape index (κ1) is 17.1. The van der Waals surface area contributed by atoms with Gasteiger partial charge in [-0.05, 0) is 29.9 Å². The third-order valence-corrected chi connectivity index (χ3v) is 4.03. The summed E-state index contributed by atoms with van der Waals surface area (Å²) in [7, 11) is 0. The molecule has 0 bridgehead atoms. The molecule has 0 aliphatic carbocycles. The zero-order valence-corrected chi connectivity index (χ0v) is 14.1. The van der Waals surface area contributed by atoms with Gasteiger partial charge >= 0.3 is 0 Å². The highest BCUT2D eigenvalue weighted by Crippen LogP contribution is 2.16. The summed E-state index contributed by atoms with van der Waals surface area (Å²) >= 11 is 5.25. The summed E-state index contributed by atoms with van der Waals surface area (Å²) in [5.41, 5.74) is 5.58. The summed E-state index contributed by atoms with van der Waals surface area (Å²) in [5, 5.41) is 0. The summed E-state index contributed by atoms with van der Waals surface area (Å²) in [6, 6.07) is 7.37. The van der Waals surface area contributed by atoms with E-state index in [1.807, 2.05) is 18.2 Å². The highest BCUT2D eigenvalue weighted by Gasteiger charge is 2.09. The lowest BCUT2D eigenvalue weighted by Gasteiger charge is -2.10. The molecule has 9 heteroatoms. The van der Waals surface area contributed by atoms with Crippen molar-refractivity contribution in [3.05, 3.63) is 63.2 Å². The minimum Gasteiger partial charge on any atom is -0.489 e. The average molecular weight is 362 g/mol. The van der Waals surface area contributed by atoms with Crippen LogP contribution >= 0.6 is 12.2 Å². The highest BCUT2D eigenvalue weighted by atomic mass is 32.1. The van der Waals surface area contributed by atoms with Gasteiger partial charge in [0, 0.05) is 5.57 Å². The Morgan fingerprint density at radius 2 is 2.32 bits per heavy atom. The smallest absolute Gasteiger partial charge is 0.277 e. The standard InChI is InChI=1S/C16H16FN5O2S/c17-5-11(6-18)8-24-12-3-1-2-10(4-12)7-22-14-13(19-9-20-14)15(23)21-16(22)25/h1-5,9H,6-8,18H2,(H,19,20)(H,21,23,25)/p+1/b11-5+. The van der Waals surface area contributed by atoms with Crippen LogP contribution in [0.25, 0.3) is 11.2 Å². The number of benzene rings is 1. The zero-order chi connectivity index (χ0) is 17.8. The van der Waals surface area contributed by atoms with Gasteiger partial charge in [-0.3, -0.25) is 14.3 Å². The summed E-state index contributed by atoms with van der Waals surface area (Å²) in [5.74, 6) is 0.611. The van der Waals surface area contributed by atoms with E-state index in [1.165, 1.54) is 6.33 Å². The first-order valence-electron chi connectivity index (χ1n) is 7.57. The Morgan fingerprint density at radius 1 is 1.48 bits per heavy atom. The molecular weight excluding hydrogens is 345 g/mol. The molecule has 7 nitrogen and oxygen atoms in total. The molecule has 2 heterocycles. The van der Waals surface area contributed by atoms with Crippen LogP contribution in [0.4, 0.5) is 4.39 Å². The SMILES string of the molecule is [NH3+]C/C(=C\F)COc1cccc(Cn2c(=S)[nH]c(=O)c3[nH]cnc32)c1. The second-order valence-electron chi connectivity index (χ2n) is 5.40. The molecule has 0 saturated heterocycles. The van der Waals surface area contributed by atoms with E-state index in [2.05, 4.69) is 20.7 Å². The van der Waals surface area contributed by atoms with Crippen LogP contribution in [0.3, 0.4) is 0 Å². The van der Waals surface area contributed by atoms with Gasteiger partial charge in [0.05, 0.1) is 19.2 Å². The maximum absolute atomic E-state index is 12.6. The monoisotopic (exact) mass is 362 g/mol. The van der Waals surface area contributed by atoms with Crippen molar-refractivity contribution in [1.82, 2.24) is 19.5 Å². The second kappa shape index (κ2) is 7.41. The lowest BCUT2D eigenvalue weighted by molar-refractivity contribution is -0.356. The lowest BCUT2D eigenvalue weighted by Crippen LogP contribution is -2.51. The van der Waals surface area contributed by atoms with Gasteiger partial charge in [-0.2, -0.15) is 0 Å². The Bertz CT molecular complexity index is 1040. The summed E-state index contributed by atoms with van der Waals surface area (Å²) < 4.78 is 20.2. The number of H-pyrrole nitrogens is 2. The van der Waals surface area contributed by atoms with Crippen LogP contribution in [0.5, 0.6) is 5.75 Å². The molecule has 0 amide bonds. The first-order valence-corrected chi connectivity index (χ1v) is 7.98. The number of rotatable bonds is 6. The third-order valence-electron chi connectivity index (χ3n) is 3.71. The van der Waals surface area contributed by atoms with Crippen LogP contribution in [-0.2, 0) is 6.54 Å². The lowest BCUT2D eigenvalue weighted by atomic mass is 10.2. The predicted molar refractivity (Wildman–Crippen MR) is 93.5 cm³/mol. The van der Waals surface area contributed by atoms with Crippen LogP contribution in [0.1, 0.15) is 5.56 Å². The Kier molecular flexibility index (Phi) is 5.05. The van der Waals surface area contributed by atoms with Crippen LogP contribution in [0.15, 0.2) is 47.3 Å². The Balaban J connectivity index is 1.87. The summed E-state index contributed by atoms with van der Waals surface area (Å²) in [6.45, 7) is 0.903. The van der Waals surface area contributed by atoms with Crippen molar-refractivity contribution in [3.8, 4) is 5.75 Å². The maximum atomic E-state index is 12.6. The van der Waals surface area contributed by atoms with Crippen molar-refractivity contribution in [3.63, 3.8) is 0 Å². The van der Waals surface area contributed by atoms with Crippen LogP contribution < -0.4 is 16.0 Å². The minimum absolute atomic E-state index is 0.144. The molecule has 0 aliphatic rings. The molecule has 0 spiro atoms. The van der Waals surface area contributed by atoms with Gasteiger partial charge in [0.1, 0.15) is 24.4 Å². The highest BCUT2D eigenvalue weighted by molar-refractivity contribution is 7.71.